The number of amides is 1. The summed E-state index contributed by atoms with van der Waals surface area (Å²) in [6, 6.07) is 4.08. The summed E-state index contributed by atoms with van der Waals surface area (Å²) in [5, 5.41) is 11.5. The molecule has 1 amide bonds. The second-order valence-corrected chi connectivity index (χ2v) is 8.17. The number of aromatic amines is 1. The number of H-pyrrole nitrogens is 1. The van der Waals surface area contributed by atoms with Gasteiger partial charge >= 0.3 is 0 Å². The number of fused-ring (bicyclic) bond motifs is 2. The number of hydrogen-bond acceptors (Lipinski definition) is 7. The number of hydrogen-bond donors (Lipinski definition) is 3. The Morgan fingerprint density at radius 2 is 2.19 bits per heavy atom. The normalized spacial score (nSPS) is 20.5. The summed E-state index contributed by atoms with van der Waals surface area (Å²) >= 11 is 0. The molecule has 3 N–H and O–H groups in total. The van der Waals surface area contributed by atoms with E-state index < -0.39 is 0 Å². The highest BCUT2D eigenvalue weighted by Crippen LogP contribution is 2.36. The van der Waals surface area contributed by atoms with Gasteiger partial charge in [0, 0.05) is 41.5 Å². The zero-order valence-electron chi connectivity index (χ0n) is 17.6. The largest absolute Gasteiger partial charge is 0.480 e. The fourth-order valence-electron chi connectivity index (χ4n) is 4.26. The molecule has 0 bridgehead atoms. The summed E-state index contributed by atoms with van der Waals surface area (Å²) in [7, 11) is 1.60. The number of aromatic nitrogens is 6. The van der Waals surface area contributed by atoms with Gasteiger partial charge in [0.15, 0.2) is 5.65 Å². The van der Waals surface area contributed by atoms with Crippen molar-refractivity contribution in [3.63, 3.8) is 0 Å². The van der Waals surface area contributed by atoms with Gasteiger partial charge < -0.3 is 20.4 Å². The molecular weight excluding hydrogens is 396 g/mol. The van der Waals surface area contributed by atoms with Crippen molar-refractivity contribution in [2.75, 3.05) is 12.4 Å². The Morgan fingerprint density at radius 3 is 2.97 bits per heavy atom. The van der Waals surface area contributed by atoms with Crippen LogP contribution < -0.4 is 15.4 Å². The molecule has 31 heavy (non-hydrogen) atoms. The van der Waals surface area contributed by atoms with Crippen LogP contribution >= 0.6 is 0 Å². The monoisotopic (exact) mass is 420 g/mol. The molecule has 0 aromatic carbocycles. The van der Waals surface area contributed by atoms with E-state index in [1.54, 1.807) is 11.6 Å². The molecule has 1 saturated carbocycles. The molecule has 4 heterocycles. The third-order valence-electron chi connectivity index (χ3n) is 5.77. The second-order valence-electron chi connectivity index (χ2n) is 8.17. The maximum atomic E-state index is 11.7. The Morgan fingerprint density at radius 1 is 1.35 bits per heavy atom. The predicted molar refractivity (Wildman–Crippen MR) is 116 cm³/mol. The summed E-state index contributed by atoms with van der Waals surface area (Å²) < 4.78 is 7.32. The van der Waals surface area contributed by atoms with Crippen molar-refractivity contribution < 1.29 is 9.53 Å². The molecule has 10 nitrogen and oxygen atoms in total. The number of ether oxygens (including phenoxy) is 1. The van der Waals surface area contributed by atoms with Gasteiger partial charge in [0.05, 0.1) is 12.5 Å². The average molecular weight is 420 g/mol. The van der Waals surface area contributed by atoms with E-state index in [0.717, 1.165) is 35.0 Å². The van der Waals surface area contributed by atoms with Gasteiger partial charge in [-0.15, -0.1) is 0 Å². The number of methoxy groups -OCH3 is 1. The molecule has 0 spiro atoms. The molecule has 1 fully saturated rings. The molecule has 0 aliphatic heterocycles. The molecule has 5 rings (SSSR count). The highest BCUT2D eigenvalue weighted by Gasteiger charge is 2.41. The van der Waals surface area contributed by atoms with E-state index in [1.165, 1.54) is 6.33 Å². The summed E-state index contributed by atoms with van der Waals surface area (Å²) in [6.45, 7) is 3.92. The second kappa shape index (κ2) is 7.22. The highest BCUT2D eigenvalue weighted by atomic mass is 16.5. The van der Waals surface area contributed by atoms with Crippen LogP contribution in [0.3, 0.4) is 0 Å². The molecule has 0 atom stereocenters. The number of nitrogens with one attached hydrogen (secondary N) is 3. The number of carbonyl (C=O) groups is 1. The van der Waals surface area contributed by atoms with E-state index in [0.29, 0.717) is 23.9 Å². The summed E-state index contributed by atoms with van der Waals surface area (Å²) in [5.41, 5.74) is 3.16. The van der Waals surface area contributed by atoms with Gasteiger partial charge in [-0.3, -0.25) is 4.79 Å². The van der Waals surface area contributed by atoms with Crippen LogP contribution in [0.1, 0.15) is 33.1 Å². The van der Waals surface area contributed by atoms with Gasteiger partial charge in [-0.05, 0) is 31.9 Å². The van der Waals surface area contributed by atoms with E-state index in [9.17, 15) is 4.79 Å². The van der Waals surface area contributed by atoms with E-state index in [1.807, 2.05) is 31.5 Å². The van der Waals surface area contributed by atoms with Crippen molar-refractivity contribution in [1.82, 2.24) is 34.9 Å². The Hall–Kier alpha value is -3.69. The van der Waals surface area contributed by atoms with E-state index in [-0.39, 0.29) is 17.5 Å². The van der Waals surface area contributed by atoms with Crippen molar-refractivity contribution >= 4 is 28.5 Å². The number of anilines is 1. The fraction of sp³-hybridized carbons (Fsp3) is 0.381. The lowest BCUT2D eigenvalue weighted by atomic mass is 9.74. The molecule has 0 unspecified atom stereocenters. The maximum Gasteiger partial charge on any atom is 0.228 e. The minimum absolute atomic E-state index is 0.0725. The van der Waals surface area contributed by atoms with Crippen LogP contribution in [-0.4, -0.2) is 54.1 Å². The van der Waals surface area contributed by atoms with Crippen molar-refractivity contribution in [2.24, 2.45) is 0 Å². The molecule has 0 radical (unpaired) electrons. The number of pyridine rings is 1. The van der Waals surface area contributed by atoms with Crippen molar-refractivity contribution in [3.05, 3.63) is 30.9 Å². The van der Waals surface area contributed by atoms with Crippen molar-refractivity contribution in [2.45, 2.75) is 44.7 Å². The molecule has 160 valence electrons. The number of nitrogens with zero attached hydrogens (tertiary/aromatic N) is 5. The van der Waals surface area contributed by atoms with Crippen LogP contribution in [0.5, 0.6) is 5.88 Å². The first-order valence-electron chi connectivity index (χ1n) is 10.3. The third kappa shape index (κ3) is 3.43. The smallest absolute Gasteiger partial charge is 0.228 e. The SMILES string of the molecule is CCC(=O)NC1(C)CC(Nc2nc(OC)c3c(-c4ccc5ncnn5c4)c[nH]c3n2)C1. The fourth-order valence-corrected chi connectivity index (χ4v) is 4.26. The summed E-state index contributed by atoms with van der Waals surface area (Å²) in [6.07, 6.45) is 7.45. The van der Waals surface area contributed by atoms with E-state index >= 15 is 0 Å². The number of carbonyl (C=O) groups excluding carboxylic acids is 1. The van der Waals surface area contributed by atoms with Gasteiger partial charge in [-0.2, -0.15) is 15.1 Å². The maximum absolute atomic E-state index is 11.7. The zero-order chi connectivity index (χ0) is 21.6. The van der Waals surface area contributed by atoms with Crippen LogP contribution in [0.4, 0.5) is 5.95 Å². The summed E-state index contributed by atoms with van der Waals surface area (Å²) in [5.74, 6) is 1.06. The Kier molecular flexibility index (Phi) is 4.49. The lowest BCUT2D eigenvalue weighted by Crippen LogP contribution is -2.59. The number of rotatable bonds is 6. The van der Waals surface area contributed by atoms with Crippen LogP contribution in [0.2, 0.25) is 0 Å². The minimum atomic E-state index is -0.182. The quantitative estimate of drug-likeness (QED) is 0.438. The van der Waals surface area contributed by atoms with E-state index in [4.69, 9.17) is 4.74 Å². The predicted octanol–water partition coefficient (Wildman–Crippen LogP) is 2.54. The van der Waals surface area contributed by atoms with Crippen molar-refractivity contribution in [3.8, 4) is 17.0 Å². The van der Waals surface area contributed by atoms with Crippen LogP contribution in [0.15, 0.2) is 30.9 Å². The Labute approximate surface area is 178 Å². The first-order chi connectivity index (χ1) is 15.0. The highest BCUT2D eigenvalue weighted by molar-refractivity contribution is 5.97. The lowest BCUT2D eigenvalue weighted by molar-refractivity contribution is -0.123. The topological polar surface area (TPSA) is 122 Å². The lowest BCUT2D eigenvalue weighted by Gasteiger charge is -2.45. The molecule has 1 aliphatic carbocycles. The van der Waals surface area contributed by atoms with Gasteiger partial charge in [0.25, 0.3) is 0 Å². The van der Waals surface area contributed by atoms with Gasteiger partial charge in [0.1, 0.15) is 12.0 Å². The standard InChI is InChI=1S/C21H24N8O2/c1-4-16(30)28-21(2)7-13(8-21)25-20-26-18-17(19(27-20)31-3)14(9-22-18)12-5-6-15-23-11-24-29(15)10-12/h5-6,9-11,13H,4,7-8H2,1-3H3,(H,28,30)(H2,22,25,26,27). The Balaban J connectivity index is 1.41. The van der Waals surface area contributed by atoms with Crippen molar-refractivity contribution in [1.29, 1.82) is 0 Å². The van der Waals surface area contributed by atoms with Gasteiger partial charge in [-0.25, -0.2) is 9.50 Å². The minimum Gasteiger partial charge on any atom is -0.480 e. The van der Waals surface area contributed by atoms with Crippen LogP contribution in [0, 0.1) is 0 Å². The first-order valence-corrected chi connectivity index (χ1v) is 10.3. The Bertz CT molecular complexity index is 1270. The molecule has 10 heteroatoms. The first kappa shape index (κ1) is 19.3. The average Bonchev–Trinajstić information content (AvgIpc) is 3.38. The molecule has 0 saturated heterocycles. The van der Waals surface area contributed by atoms with Gasteiger partial charge in [-0.1, -0.05) is 6.92 Å². The van der Waals surface area contributed by atoms with Gasteiger partial charge in [0.2, 0.25) is 17.7 Å². The summed E-state index contributed by atoms with van der Waals surface area (Å²) in [4.78, 5) is 28.4. The molecular formula is C21H24N8O2. The van der Waals surface area contributed by atoms with Crippen LogP contribution in [0.25, 0.3) is 27.8 Å². The van der Waals surface area contributed by atoms with Crippen LogP contribution in [-0.2, 0) is 4.79 Å². The third-order valence-corrected chi connectivity index (χ3v) is 5.77. The molecule has 1 aliphatic rings. The molecule has 4 aromatic heterocycles. The zero-order valence-corrected chi connectivity index (χ0v) is 17.6. The molecule has 4 aromatic rings. The van der Waals surface area contributed by atoms with E-state index in [2.05, 4.69) is 42.6 Å².